The molecule has 0 aliphatic heterocycles. The van der Waals surface area contributed by atoms with Crippen LogP contribution in [0.4, 0.5) is 4.39 Å². The zero-order valence-corrected chi connectivity index (χ0v) is 7.10. The molecule has 0 unspecified atom stereocenters. The van der Waals surface area contributed by atoms with E-state index in [1.54, 1.807) is 6.07 Å². The molecule has 0 fully saturated rings. The van der Waals surface area contributed by atoms with Crippen molar-refractivity contribution in [1.29, 1.82) is 5.26 Å². The number of halogens is 2. The number of nitriles is 1. The summed E-state index contributed by atoms with van der Waals surface area (Å²) >= 11 is 5.55. The van der Waals surface area contributed by atoms with Crippen LogP contribution < -0.4 is 5.73 Å². The van der Waals surface area contributed by atoms with Crippen molar-refractivity contribution < 1.29 is 9.18 Å². The molecule has 0 saturated carbocycles. The summed E-state index contributed by atoms with van der Waals surface area (Å²) in [6.07, 6.45) is 0. The lowest BCUT2D eigenvalue weighted by molar-refractivity contribution is 0.0996. The Morgan fingerprint density at radius 1 is 1.62 bits per heavy atom. The Kier molecular flexibility index (Phi) is 2.49. The summed E-state index contributed by atoms with van der Waals surface area (Å²) in [5, 5.41) is 8.27. The third kappa shape index (κ3) is 1.60. The standard InChI is InChI=1S/C8H4ClFN2O/c9-7-4(3-11)1-2-5(10)6(7)8(12)13/h1-2H,(H2,12,13). The molecule has 0 bridgehead atoms. The van der Waals surface area contributed by atoms with Gasteiger partial charge in [0.15, 0.2) is 0 Å². The lowest BCUT2D eigenvalue weighted by Gasteiger charge is -2.01. The number of amides is 1. The second-order valence-electron chi connectivity index (χ2n) is 2.26. The van der Waals surface area contributed by atoms with Gasteiger partial charge >= 0.3 is 0 Å². The van der Waals surface area contributed by atoms with Crippen LogP contribution in [0.2, 0.25) is 5.02 Å². The first-order valence-electron chi connectivity index (χ1n) is 3.26. The first-order chi connectivity index (χ1) is 6.07. The van der Waals surface area contributed by atoms with E-state index >= 15 is 0 Å². The summed E-state index contributed by atoms with van der Waals surface area (Å²) in [6.45, 7) is 0. The molecule has 13 heavy (non-hydrogen) atoms. The van der Waals surface area contributed by atoms with Gasteiger partial charge in [0, 0.05) is 0 Å². The number of nitrogens with two attached hydrogens (primary N) is 1. The molecule has 1 aromatic carbocycles. The minimum absolute atomic E-state index is 0.0249. The van der Waals surface area contributed by atoms with Crippen molar-refractivity contribution >= 4 is 17.5 Å². The average molecular weight is 199 g/mol. The number of carbonyl (C=O) groups is 1. The zero-order valence-electron chi connectivity index (χ0n) is 6.34. The van der Waals surface area contributed by atoms with E-state index in [1.807, 2.05) is 0 Å². The fourth-order valence-electron chi connectivity index (χ4n) is 0.865. The monoisotopic (exact) mass is 198 g/mol. The van der Waals surface area contributed by atoms with Crippen LogP contribution in [0.5, 0.6) is 0 Å². The highest BCUT2D eigenvalue weighted by atomic mass is 35.5. The van der Waals surface area contributed by atoms with Gasteiger partial charge in [-0.15, -0.1) is 0 Å². The Bertz CT molecular complexity index is 411. The Hall–Kier alpha value is -1.60. The lowest BCUT2D eigenvalue weighted by atomic mass is 10.1. The van der Waals surface area contributed by atoms with Gasteiger partial charge in [-0.3, -0.25) is 4.79 Å². The van der Waals surface area contributed by atoms with Crippen LogP contribution in [0.15, 0.2) is 12.1 Å². The second kappa shape index (κ2) is 3.42. The van der Waals surface area contributed by atoms with Crippen LogP contribution in [0, 0.1) is 17.1 Å². The fraction of sp³-hybridized carbons (Fsp3) is 0. The topological polar surface area (TPSA) is 66.9 Å². The SMILES string of the molecule is N#Cc1ccc(F)c(C(N)=O)c1Cl. The third-order valence-corrected chi connectivity index (χ3v) is 1.85. The van der Waals surface area contributed by atoms with Crippen molar-refractivity contribution in [2.24, 2.45) is 5.73 Å². The van der Waals surface area contributed by atoms with Crippen molar-refractivity contribution in [3.8, 4) is 6.07 Å². The Labute approximate surface area is 78.5 Å². The van der Waals surface area contributed by atoms with Gasteiger partial charge in [-0.2, -0.15) is 5.26 Å². The van der Waals surface area contributed by atoms with Crippen molar-refractivity contribution in [3.05, 3.63) is 34.1 Å². The van der Waals surface area contributed by atoms with E-state index in [-0.39, 0.29) is 10.6 Å². The van der Waals surface area contributed by atoms with Crippen LogP contribution in [0.1, 0.15) is 15.9 Å². The Morgan fingerprint density at radius 2 is 2.23 bits per heavy atom. The van der Waals surface area contributed by atoms with Crippen LogP contribution in [0.3, 0.4) is 0 Å². The van der Waals surface area contributed by atoms with Crippen molar-refractivity contribution in [2.45, 2.75) is 0 Å². The number of rotatable bonds is 1. The Morgan fingerprint density at radius 3 is 2.69 bits per heavy atom. The maximum Gasteiger partial charge on any atom is 0.253 e. The number of hydrogen-bond acceptors (Lipinski definition) is 2. The number of benzene rings is 1. The summed E-state index contributed by atoms with van der Waals surface area (Å²) < 4.78 is 12.9. The van der Waals surface area contributed by atoms with Gasteiger partial charge in [-0.05, 0) is 12.1 Å². The molecule has 0 atom stereocenters. The van der Waals surface area contributed by atoms with Gasteiger partial charge in [0.05, 0.1) is 16.1 Å². The molecule has 0 aliphatic rings. The van der Waals surface area contributed by atoms with E-state index in [0.29, 0.717) is 0 Å². The van der Waals surface area contributed by atoms with Crippen molar-refractivity contribution in [3.63, 3.8) is 0 Å². The van der Waals surface area contributed by atoms with Gasteiger partial charge in [0.1, 0.15) is 11.9 Å². The third-order valence-electron chi connectivity index (χ3n) is 1.46. The van der Waals surface area contributed by atoms with Gasteiger partial charge in [0.25, 0.3) is 5.91 Å². The lowest BCUT2D eigenvalue weighted by Crippen LogP contribution is -2.14. The quantitative estimate of drug-likeness (QED) is 0.742. The molecule has 0 heterocycles. The molecule has 0 spiro atoms. The minimum atomic E-state index is -0.986. The molecule has 2 N–H and O–H groups in total. The number of hydrogen-bond donors (Lipinski definition) is 1. The number of carbonyl (C=O) groups excluding carboxylic acids is 1. The predicted molar refractivity (Wildman–Crippen MR) is 44.6 cm³/mol. The molecule has 3 nitrogen and oxygen atoms in total. The predicted octanol–water partition coefficient (Wildman–Crippen LogP) is 1.45. The molecule has 66 valence electrons. The minimum Gasteiger partial charge on any atom is -0.365 e. The summed E-state index contributed by atoms with van der Waals surface area (Å²) in [4.78, 5) is 10.7. The average Bonchev–Trinajstić information content (AvgIpc) is 2.04. The van der Waals surface area contributed by atoms with Gasteiger partial charge in [-0.25, -0.2) is 4.39 Å². The van der Waals surface area contributed by atoms with Crippen LogP contribution >= 0.6 is 11.6 Å². The summed E-state index contributed by atoms with van der Waals surface area (Å²) in [7, 11) is 0. The number of primary amides is 1. The molecule has 1 rings (SSSR count). The normalized spacial score (nSPS) is 9.31. The Balaban J connectivity index is 3.50. The first-order valence-corrected chi connectivity index (χ1v) is 3.63. The second-order valence-corrected chi connectivity index (χ2v) is 2.64. The molecular weight excluding hydrogens is 195 g/mol. The number of nitrogens with zero attached hydrogens (tertiary/aromatic N) is 1. The van der Waals surface area contributed by atoms with E-state index < -0.39 is 17.3 Å². The molecule has 1 aromatic rings. The molecule has 0 saturated heterocycles. The highest BCUT2D eigenvalue weighted by Gasteiger charge is 2.15. The van der Waals surface area contributed by atoms with E-state index in [1.165, 1.54) is 6.07 Å². The molecule has 1 amide bonds. The molecule has 0 aromatic heterocycles. The summed E-state index contributed by atoms with van der Waals surface area (Å²) in [5.41, 5.74) is 4.45. The highest BCUT2D eigenvalue weighted by Crippen LogP contribution is 2.22. The molecule has 0 radical (unpaired) electrons. The van der Waals surface area contributed by atoms with E-state index in [0.717, 1.165) is 6.07 Å². The van der Waals surface area contributed by atoms with Crippen molar-refractivity contribution in [1.82, 2.24) is 0 Å². The largest absolute Gasteiger partial charge is 0.365 e. The van der Waals surface area contributed by atoms with E-state index in [4.69, 9.17) is 22.6 Å². The summed E-state index contributed by atoms with van der Waals surface area (Å²) in [6, 6.07) is 3.87. The van der Waals surface area contributed by atoms with Gasteiger partial charge in [0.2, 0.25) is 0 Å². The molecular formula is C8H4ClFN2O. The molecule has 0 aliphatic carbocycles. The van der Waals surface area contributed by atoms with Gasteiger partial charge < -0.3 is 5.73 Å². The van der Waals surface area contributed by atoms with E-state index in [9.17, 15) is 9.18 Å². The fourth-order valence-corrected chi connectivity index (χ4v) is 1.15. The van der Waals surface area contributed by atoms with Crippen LogP contribution in [-0.2, 0) is 0 Å². The van der Waals surface area contributed by atoms with Crippen LogP contribution in [0.25, 0.3) is 0 Å². The maximum atomic E-state index is 12.9. The first kappa shape index (κ1) is 9.49. The zero-order chi connectivity index (χ0) is 10.0. The molecule has 5 heteroatoms. The smallest absolute Gasteiger partial charge is 0.253 e. The van der Waals surface area contributed by atoms with E-state index in [2.05, 4.69) is 0 Å². The summed E-state index contributed by atoms with van der Waals surface area (Å²) in [5.74, 6) is -1.81. The van der Waals surface area contributed by atoms with Crippen LogP contribution in [-0.4, -0.2) is 5.91 Å². The van der Waals surface area contributed by atoms with Gasteiger partial charge in [-0.1, -0.05) is 11.6 Å². The van der Waals surface area contributed by atoms with Crippen molar-refractivity contribution in [2.75, 3.05) is 0 Å². The highest BCUT2D eigenvalue weighted by molar-refractivity contribution is 6.34. The maximum absolute atomic E-state index is 12.9.